The van der Waals surface area contributed by atoms with Gasteiger partial charge in [-0.25, -0.2) is 17.2 Å². The summed E-state index contributed by atoms with van der Waals surface area (Å²) in [5.74, 6) is -3.19. The van der Waals surface area contributed by atoms with Gasteiger partial charge in [0.25, 0.3) is 0 Å². The van der Waals surface area contributed by atoms with Crippen LogP contribution in [0.5, 0.6) is 0 Å². The van der Waals surface area contributed by atoms with E-state index in [2.05, 4.69) is 10.0 Å². The lowest BCUT2D eigenvalue weighted by atomic mass is 10.0. The van der Waals surface area contributed by atoms with Crippen LogP contribution in [0, 0.1) is 24.5 Å². The fraction of sp³-hybridized carbons (Fsp3) is 0.278. The number of rotatable bonds is 6. The maximum Gasteiger partial charge on any atom is 0.242 e. The van der Waals surface area contributed by atoms with E-state index in [1.807, 2.05) is 6.92 Å². The van der Waals surface area contributed by atoms with Gasteiger partial charge in [0.2, 0.25) is 15.9 Å². The van der Waals surface area contributed by atoms with Crippen molar-refractivity contribution in [2.45, 2.75) is 31.7 Å². The molecular formula is C18H20F2N2O3S. The highest BCUT2D eigenvalue weighted by molar-refractivity contribution is 7.89. The second-order valence-corrected chi connectivity index (χ2v) is 7.99. The number of sulfonamides is 1. The van der Waals surface area contributed by atoms with Crippen LogP contribution in [0.25, 0.3) is 0 Å². The molecule has 0 saturated carbocycles. The van der Waals surface area contributed by atoms with Crippen molar-refractivity contribution in [2.75, 3.05) is 5.32 Å². The number of hydrogen-bond acceptors (Lipinski definition) is 3. The topological polar surface area (TPSA) is 75.3 Å². The van der Waals surface area contributed by atoms with E-state index >= 15 is 0 Å². The first-order chi connectivity index (χ1) is 12.1. The second kappa shape index (κ2) is 7.92. The van der Waals surface area contributed by atoms with Crippen LogP contribution in [0.1, 0.15) is 19.4 Å². The molecule has 0 heterocycles. The highest BCUT2D eigenvalue weighted by Crippen LogP contribution is 2.16. The van der Waals surface area contributed by atoms with Crippen molar-refractivity contribution >= 4 is 21.6 Å². The van der Waals surface area contributed by atoms with Crippen molar-refractivity contribution in [1.29, 1.82) is 0 Å². The molecule has 2 aromatic rings. The van der Waals surface area contributed by atoms with Gasteiger partial charge in [-0.05, 0) is 37.1 Å². The van der Waals surface area contributed by atoms with E-state index in [9.17, 15) is 22.0 Å². The smallest absolute Gasteiger partial charge is 0.242 e. The average Bonchev–Trinajstić information content (AvgIpc) is 2.56. The minimum atomic E-state index is -3.92. The number of anilines is 1. The number of halogens is 2. The Morgan fingerprint density at radius 3 is 2.15 bits per heavy atom. The molecule has 0 spiro atoms. The molecule has 1 amide bonds. The van der Waals surface area contributed by atoms with Gasteiger partial charge in [-0.3, -0.25) is 4.79 Å². The number of benzene rings is 2. The van der Waals surface area contributed by atoms with Gasteiger partial charge in [-0.15, -0.1) is 0 Å². The van der Waals surface area contributed by atoms with E-state index in [-0.39, 0.29) is 16.5 Å². The standard InChI is InChI=1S/C18H20F2N2O3S/c1-11(2)17(18(23)21-13-6-9-15(19)16(20)10-13)22-26(24,25)14-7-4-12(3)5-8-14/h4-11,17,22H,1-3H3,(H,21,23)/t17-/m0/s1. The number of nitrogens with one attached hydrogen (secondary N) is 2. The van der Waals surface area contributed by atoms with Gasteiger partial charge in [0.15, 0.2) is 11.6 Å². The molecule has 0 aliphatic carbocycles. The van der Waals surface area contributed by atoms with Crippen LogP contribution in [0.15, 0.2) is 47.4 Å². The Morgan fingerprint density at radius 2 is 1.62 bits per heavy atom. The molecule has 26 heavy (non-hydrogen) atoms. The van der Waals surface area contributed by atoms with E-state index in [0.717, 1.165) is 17.7 Å². The predicted octanol–water partition coefficient (Wildman–Crippen LogP) is 3.21. The SMILES string of the molecule is Cc1ccc(S(=O)(=O)N[C@H](C(=O)Nc2ccc(F)c(F)c2)C(C)C)cc1. The molecule has 0 bridgehead atoms. The van der Waals surface area contributed by atoms with Gasteiger partial charge in [-0.1, -0.05) is 31.5 Å². The molecule has 1 atom stereocenters. The van der Waals surface area contributed by atoms with Crippen molar-refractivity contribution in [3.63, 3.8) is 0 Å². The molecule has 5 nitrogen and oxygen atoms in total. The van der Waals surface area contributed by atoms with Crippen molar-refractivity contribution in [3.05, 3.63) is 59.7 Å². The molecular weight excluding hydrogens is 362 g/mol. The van der Waals surface area contributed by atoms with E-state index in [1.165, 1.54) is 18.2 Å². The van der Waals surface area contributed by atoms with E-state index in [4.69, 9.17) is 0 Å². The summed E-state index contributed by atoms with van der Waals surface area (Å²) in [6.07, 6.45) is 0. The van der Waals surface area contributed by atoms with Crippen LogP contribution in [0.4, 0.5) is 14.5 Å². The summed E-state index contributed by atoms with van der Waals surface area (Å²) in [6, 6.07) is 8.02. The number of aryl methyl sites for hydroxylation is 1. The highest BCUT2D eigenvalue weighted by atomic mass is 32.2. The molecule has 2 N–H and O–H groups in total. The van der Waals surface area contributed by atoms with Crippen molar-refractivity contribution < 1.29 is 22.0 Å². The van der Waals surface area contributed by atoms with Gasteiger partial charge in [0.05, 0.1) is 4.90 Å². The van der Waals surface area contributed by atoms with E-state index in [0.29, 0.717) is 0 Å². The average molecular weight is 382 g/mol. The molecule has 0 fully saturated rings. The molecule has 0 aromatic heterocycles. The van der Waals surface area contributed by atoms with Gasteiger partial charge in [0, 0.05) is 11.8 Å². The molecule has 0 radical (unpaired) electrons. The summed E-state index contributed by atoms with van der Waals surface area (Å²) in [5.41, 5.74) is 0.939. The van der Waals surface area contributed by atoms with Crippen LogP contribution in [0.3, 0.4) is 0 Å². The molecule has 0 saturated heterocycles. The first-order valence-electron chi connectivity index (χ1n) is 7.95. The van der Waals surface area contributed by atoms with Gasteiger partial charge >= 0.3 is 0 Å². The molecule has 2 aromatic carbocycles. The third kappa shape index (κ3) is 4.86. The van der Waals surface area contributed by atoms with Crippen LogP contribution in [-0.4, -0.2) is 20.4 Å². The maximum absolute atomic E-state index is 13.3. The molecule has 8 heteroatoms. The van der Waals surface area contributed by atoms with Gasteiger partial charge in [-0.2, -0.15) is 4.72 Å². The summed E-state index contributed by atoms with van der Waals surface area (Å²) >= 11 is 0. The normalized spacial score (nSPS) is 12.8. The summed E-state index contributed by atoms with van der Waals surface area (Å²) in [7, 11) is -3.92. The monoisotopic (exact) mass is 382 g/mol. The third-order valence-electron chi connectivity index (χ3n) is 3.75. The zero-order valence-electron chi connectivity index (χ0n) is 14.6. The number of carbonyl (C=O) groups is 1. The highest BCUT2D eigenvalue weighted by Gasteiger charge is 2.28. The first kappa shape index (κ1) is 20.0. The summed E-state index contributed by atoms with van der Waals surface area (Å²) in [6.45, 7) is 5.18. The first-order valence-corrected chi connectivity index (χ1v) is 9.43. The zero-order chi connectivity index (χ0) is 19.5. The fourth-order valence-corrected chi connectivity index (χ4v) is 3.58. The summed E-state index contributed by atoms with van der Waals surface area (Å²) in [5, 5.41) is 2.40. The van der Waals surface area contributed by atoms with Gasteiger partial charge in [0.1, 0.15) is 6.04 Å². The Labute approximate surface area is 151 Å². The third-order valence-corrected chi connectivity index (χ3v) is 5.21. The lowest BCUT2D eigenvalue weighted by Gasteiger charge is -2.21. The lowest BCUT2D eigenvalue weighted by Crippen LogP contribution is -2.47. The Bertz CT molecular complexity index is 897. The van der Waals surface area contributed by atoms with Crippen molar-refractivity contribution in [1.82, 2.24) is 4.72 Å². The predicted molar refractivity (Wildman–Crippen MR) is 95.1 cm³/mol. The fourth-order valence-electron chi connectivity index (χ4n) is 2.24. The van der Waals surface area contributed by atoms with Gasteiger partial charge < -0.3 is 5.32 Å². The number of carbonyl (C=O) groups excluding carboxylic acids is 1. The molecule has 2 rings (SSSR count). The van der Waals surface area contributed by atoms with E-state index in [1.54, 1.807) is 26.0 Å². The number of amides is 1. The summed E-state index contributed by atoms with van der Waals surface area (Å²) in [4.78, 5) is 12.5. The minimum Gasteiger partial charge on any atom is -0.325 e. The van der Waals surface area contributed by atoms with Crippen LogP contribution >= 0.6 is 0 Å². The van der Waals surface area contributed by atoms with Crippen LogP contribution in [0.2, 0.25) is 0 Å². The summed E-state index contributed by atoms with van der Waals surface area (Å²) < 4.78 is 53.7. The quantitative estimate of drug-likeness (QED) is 0.806. The lowest BCUT2D eigenvalue weighted by molar-refractivity contribution is -0.118. The zero-order valence-corrected chi connectivity index (χ0v) is 15.4. The molecule has 0 aliphatic heterocycles. The largest absolute Gasteiger partial charge is 0.325 e. The molecule has 140 valence electrons. The van der Waals surface area contributed by atoms with Crippen molar-refractivity contribution in [2.24, 2.45) is 5.92 Å². The Morgan fingerprint density at radius 1 is 1.00 bits per heavy atom. The Kier molecular flexibility index (Phi) is 6.09. The molecule has 0 aliphatic rings. The van der Waals surface area contributed by atoms with Crippen molar-refractivity contribution in [3.8, 4) is 0 Å². The van der Waals surface area contributed by atoms with Crippen LogP contribution in [-0.2, 0) is 14.8 Å². The maximum atomic E-state index is 13.3. The Hall–Kier alpha value is -2.32. The second-order valence-electron chi connectivity index (χ2n) is 6.27. The van der Waals surface area contributed by atoms with E-state index < -0.39 is 33.6 Å². The molecule has 0 unspecified atom stereocenters. The Balaban J connectivity index is 2.20. The minimum absolute atomic E-state index is 0.0362. The van der Waals surface area contributed by atoms with Crippen LogP contribution < -0.4 is 10.0 Å². The number of hydrogen-bond donors (Lipinski definition) is 2.